The maximum absolute atomic E-state index is 11.8. The van der Waals surface area contributed by atoms with Gasteiger partial charge in [0, 0.05) is 0 Å². The van der Waals surface area contributed by atoms with E-state index in [9.17, 15) is 15.3 Å². The third kappa shape index (κ3) is 4.44. The van der Waals surface area contributed by atoms with Crippen molar-refractivity contribution in [1.82, 2.24) is 0 Å². The van der Waals surface area contributed by atoms with Gasteiger partial charge in [-0.2, -0.15) is 0 Å². The molecule has 0 heterocycles. The van der Waals surface area contributed by atoms with Crippen molar-refractivity contribution >= 4 is 5.90 Å². The van der Waals surface area contributed by atoms with Crippen LogP contribution in [0.5, 0.6) is 0 Å². The average molecular weight is 252 g/mol. The van der Waals surface area contributed by atoms with Gasteiger partial charge in [0.25, 0.3) is 0 Å². The van der Waals surface area contributed by atoms with Crippen LogP contribution in [0.2, 0.25) is 0 Å². The molecule has 0 aliphatic rings. The highest BCUT2D eigenvalue weighted by Gasteiger charge is 2.19. The lowest BCUT2D eigenvalue weighted by Gasteiger charge is -2.28. The van der Waals surface area contributed by atoms with Crippen molar-refractivity contribution in [2.45, 2.75) is 19.1 Å². The number of benzene rings is 1. The van der Waals surface area contributed by atoms with Gasteiger partial charge in [-0.1, -0.05) is 30.3 Å². The van der Waals surface area contributed by atoms with E-state index < -0.39 is 18.1 Å². The van der Waals surface area contributed by atoms with E-state index in [4.69, 9.17) is 0 Å². The third-order valence-corrected chi connectivity index (χ3v) is 2.43. The highest BCUT2D eigenvalue weighted by atomic mass is 16.3. The van der Waals surface area contributed by atoms with Gasteiger partial charge in [0.1, 0.15) is 18.8 Å². The quantitative estimate of drug-likeness (QED) is 0.331. The first-order valence-corrected chi connectivity index (χ1v) is 5.83. The van der Waals surface area contributed by atoms with E-state index >= 15 is 0 Å². The molecule has 1 aromatic carbocycles. The number of aliphatic hydroxyl groups is 2. The van der Waals surface area contributed by atoms with Crippen LogP contribution in [-0.2, 0) is 0 Å². The second-order valence-corrected chi connectivity index (χ2v) is 4.90. The van der Waals surface area contributed by atoms with E-state index in [1.807, 2.05) is 6.07 Å². The highest BCUT2D eigenvalue weighted by Crippen LogP contribution is 2.13. The van der Waals surface area contributed by atoms with E-state index in [2.05, 4.69) is 5.10 Å². The van der Waals surface area contributed by atoms with Crippen LogP contribution < -0.4 is 5.11 Å². The van der Waals surface area contributed by atoms with Crippen LogP contribution in [0.3, 0.4) is 0 Å². The third-order valence-electron chi connectivity index (χ3n) is 2.43. The van der Waals surface area contributed by atoms with Gasteiger partial charge in [-0.05, 0) is 12.5 Å². The summed E-state index contributed by atoms with van der Waals surface area (Å²) >= 11 is 0. The Morgan fingerprint density at radius 1 is 1.28 bits per heavy atom. The Kier molecular flexibility index (Phi) is 4.84. The zero-order valence-electron chi connectivity index (χ0n) is 10.9. The zero-order chi connectivity index (χ0) is 13.8. The summed E-state index contributed by atoms with van der Waals surface area (Å²) in [5.74, 6) is -0.605. The van der Waals surface area contributed by atoms with Crippen LogP contribution in [0.25, 0.3) is 0 Å². The van der Waals surface area contributed by atoms with Gasteiger partial charge in [0.2, 0.25) is 0 Å². The summed E-state index contributed by atoms with van der Waals surface area (Å²) in [7, 11) is 3.39. The first-order valence-electron chi connectivity index (χ1n) is 5.83. The Bertz CT molecular complexity index is 402. The second-order valence-electron chi connectivity index (χ2n) is 4.90. The second kappa shape index (κ2) is 5.95. The summed E-state index contributed by atoms with van der Waals surface area (Å²) in [6.45, 7) is 1.95. The topological polar surface area (TPSA) is 75.9 Å². The van der Waals surface area contributed by atoms with Crippen molar-refractivity contribution in [3.8, 4) is 0 Å². The molecule has 0 radical (unpaired) electrons. The average Bonchev–Trinajstić information content (AvgIpc) is 2.26. The SMILES string of the molecule is CC(O)C[N+](C)(C)/N=C(\[O-])C(O)c1ccccc1. The number of hydrogen-bond acceptors (Lipinski definition) is 4. The number of rotatable bonds is 5. The number of aliphatic hydroxyl groups excluding tert-OH is 2. The number of quaternary nitrogens is 1. The predicted octanol–water partition coefficient (Wildman–Crippen LogP) is -0.149. The molecular weight excluding hydrogens is 232 g/mol. The molecule has 2 N–H and O–H groups in total. The molecule has 0 aromatic heterocycles. The Hall–Kier alpha value is -1.43. The van der Waals surface area contributed by atoms with Crippen LogP contribution in [0, 0.1) is 0 Å². The maximum atomic E-state index is 11.8. The largest absolute Gasteiger partial charge is 0.856 e. The highest BCUT2D eigenvalue weighted by molar-refractivity contribution is 5.77. The molecule has 100 valence electrons. The number of nitrogens with zero attached hydrogens (tertiary/aromatic N) is 2. The smallest absolute Gasteiger partial charge is 0.128 e. The summed E-state index contributed by atoms with van der Waals surface area (Å²) in [6, 6.07) is 8.66. The zero-order valence-corrected chi connectivity index (χ0v) is 10.9. The lowest BCUT2D eigenvalue weighted by molar-refractivity contribution is -0.901. The Labute approximate surface area is 107 Å². The van der Waals surface area contributed by atoms with Crippen molar-refractivity contribution in [1.29, 1.82) is 0 Å². The first-order chi connectivity index (χ1) is 8.32. The Balaban J connectivity index is 2.83. The Morgan fingerprint density at radius 2 is 1.83 bits per heavy atom. The fourth-order valence-corrected chi connectivity index (χ4v) is 1.79. The molecule has 0 aliphatic heterocycles. The number of hydrogen-bond donors (Lipinski definition) is 2. The molecule has 0 aliphatic carbocycles. The van der Waals surface area contributed by atoms with Crippen molar-refractivity contribution < 1.29 is 19.9 Å². The Morgan fingerprint density at radius 3 is 2.33 bits per heavy atom. The van der Waals surface area contributed by atoms with Crippen LogP contribution in [0.4, 0.5) is 0 Å². The van der Waals surface area contributed by atoms with Crippen molar-refractivity contribution in [3.63, 3.8) is 0 Å². The van der Waals surface area contributed by atoms with Crippen molar-refractivity contribution in [2.24, 2.45) is 5.10 Å². The van der Waals surface area contributed by atoms with Gasteiger partial charge in [0.05, 0.1) is 20.0 Å². The molecular formula is C13H20N2O3. The summed E-state index contributed by atoms with van der Waals surface area (Å²) < 4.78 is -0.0135. The summed E-state index contributed by atoms with van der Waals surface area (Å²) in [4.78, 5) is 0. The molecule has 0 saturated carbocycles. The lowest BCUT2D eigenvalue weighted by Crippen LogP contribution is -2.43. The summed E-state index contributed by atoms with van der Waals surface area (Å²) in [5, 5.41) is 34.9. The normalized spacial score (nSPS) is 16.4. The molecule has 0 fully saturated rings. The van der Waals surface area contributed by atoms with Crippen LogP contribution in [0.15, 0.2) is 35.4 Å². The van der Waals surface area contributed by atoms with Crippen LogP contribution >= 0.6 is 0 Å². The summed E-state index contributed by atoms with van der Waals surface area (Å²) in [5.41, 5.74) is 0.517. The van der Waals surface area contributed by atoms with E-state index in [0.29, 0.717) is 12.1 Å². The molecule has 0 saturated heterocycles. The number of likely N-dealkylation sites (N-methyl/N-ethyl adjacent to an activating group) is 1. The molecule has 5 nitrogen and oxygen atoms in total. The fourth-order valence-electron chi connectivity index (χ4n) is 1.79. The van der Waals surface area contributed by atoms with Gasteiger partial charge < -0.3 is 15.3 Å². The minimum Gasteiger partial charge on any atom is -0.856 e. The fraction of sp³-hybridized carbons (Fsp3) is 0.462. The first kappa shape index (κ1) is 14.6. The molecule has 2 atom stereocenters. The molecule has 1 rings (SSSR count). The summed E-state index contributed by atoms with van der Waals surface area (Å²) in [6.07, 6.45) is -1.82. The molecule has 5 heteroatoms. The van der Waals surface area contributed by atoms with Crippen LogP contribution in [0.1, 0.15) is 18.6 Å². The monoisotopic (exact) mass is 252 g/mol. The van der Waals surface area contributed by atoms with Gasteiger partial charge in [-0.3, -0.25) is 0 Å². The molecule has 0 spiro atoms. The van der Waals surface area contributed by atoms with E-state index in [1.165, 1.54) is 0 Å². The predicted molar refractivity (Wildman–Crippen MR) is 67.5 cm³/mol. The minimum atomic E-state index is -1.25. The van der Waals surface area contributed by atoms with Gasteiger partial charge >= 0.3 is 0 Å². The van der Waals surface area contributed by atoms with E-state index in [0.717, 1.165) is 0 Å². The molecule has 18 heavy (non-hydrogen) atoms. The van der Waals surface area contributed by atoms with Gasteiger partial charge in [-0.15, -0.1) is 5.10 Å². The van der Waals surface area contributed by atoms with E-state index in [-0.39, 0.29) is 4.59 Å². The molecule has 0 bridgehead atoms. The molecule has 1 aromatic rings. The van der Waals surface area contributed by atoms with Gasteiger partial charge in [-0.25, -0.2) is 4.59 Å². The standard InChI is InChI=1S/C13H20N2O3/c1-10(16)9-15(2,3)14-13(18)12(17)11-7-5-4-6-8-11/h4-8,10,12,16-17H,9H2,1-3H3. The minimum absolute atomic E-state index is 0.0135. The molecule has 2 unspecified atom stereocenters. The van der Waals surface area contributed by atoms with Crippen molar-refractivity contribution in [2.75, 3.05) is 20.6 Å². The van der Waals surface area contributed by atoms with Crippen LogP contribution in [-0.4, -0.2) is 47.4 Å². The lowest BCUT2D eigenvalue weighted by atomic mass is 10.1. The van der Waals surface area contributed by atoms with E-state index in [1.54, 1.807) is 45.3 Å². The van der Waals surface area contributed by atoms with Gasteiger partial charge in [0.15, 0.2) is 0 Å². The van der Waals surface area contributed by atoms with Crippen molar-refractivity contribution in [3.05, 3.63) is 35.9 Å². The maximum Gasteiger partial charge on any atom is 0.128 e. The molecule has 0 amide bonds.